The van der Waals surface area contributed by atoms with Crippen LogP contribution in [0.1, 0.15) is 54.6 Å². The molecule has 4 aromatic rings. The van der Waals surface area contributed by atoms with Gasteiger partial charge in [0.25, 0.3) is 5.91 Å². The lowest BCUT2D eigenvalue weighted by Gasteiger charge is -2.31. The van der Waals surface area contributed by atoms with Gasteiger partial charge in [0.2, 0.25) is 0 Å². The summed E-state index contributed by atoms with van der Waals surface area (Å²) >= 11 is 10.2. The molecule has 3 aromatic carbocycles. The second-order valence-corrected chi connectivity index (χ2v) is 10.6. The quantitative estimate of drug-likeness (QED) is 0.239. The first kappa shape index (κ1) is 25.4. The second kappa shape index (κ2) is 10.9. The van der Waals surface area contributed by atoms with Gasteiger partial charge in [0.1, 0.15) is 0 Å². The van der Waals surface area contributed by atoms with Crippen LogP contribution in [0.15, 0.2) is 77.3 Å². The Hall–Kier alpha value is -2.69. The number of hydrogen-bond acceptors (Lipinski definition) is 2. The lowest BCUT2D eigenvalue weighted by Crippen LogP contribution is -2.39. The summed E-state index contributed by atoms with van der Waals surface area (Å²) in [7, 11) is 0. The fourth-order valence-electron chi connectivity index (χ4n) is 4.70. The number of carbonyl (C=O) groups excluding carboxylic acids is 1. The van der Waals surface area contributed by atoms with Gasteiger partial charge in [-0.15, -0.1) is 0 Å². The van der Waals surface area contributed by atoms with Gasteiger partial charge in [0.15, 0.2) is 0 Å². The number of halogens is 2. The number of nitrogens with zero attached hydrogens (tertiary/aromatic N) is 1. The van der Waals surface area contributed by atoms with Crippen molar-refractivity contribution in [3.05, 3.63) is 99.0 Å². The van der Waals surface area contributed by atoms with E-state index in [1.54, 1.807) is 0 Å². The summed E-state index contributed by atoms with van der Waals surface area (Å²) in [4.78, 5) is 18.7. The van der Waals surface area contributed by atoms with Crippen molar-refractivity contribution in [1.82, 2.24) is 10.3 Å². The molecule has 0 saturated heterocycles. The Balaban J connectivity index is 1.75. The molecule has 35 heavy (non-hydrogen) atoms. The summed E-state index contributed by atoms with van der Waals surface area (Å²) in [6, 6.07) is 23.9. The fraction of sp³-hybridized carbons (Fsp3) is 0.267. The molecule has 0 aliphatic rings. The van der Waals surface area contributed by atoms with Crippen LogP contribution < -0.4 is 5.32 Å². The zero-order valence-electron chi connectivity index (χ0n) is 20.4. The highest BCUT2D eigenvalue weighted by Crippen LogP contribution is 2.35. The third-order valence-electron chi connectivity index (χ3n) is 6.71. The number of amides is 1. The maximum Gasteiger partial charge on any atom is 0.252 e. The van der Waals surface area contributed by atoms with Crippen LogP contribution in [0, 0.1) is 6.92 Å². The number of benzene rings is 3. The highest BCUT2D eigenvalue weighted by molar-refractivity contribution is 9.10. The van der Waals surface area contributed by atoms with Crippen LogP contribution in [0.3, 0.4) is 0 Å². The summed E-state index contributed by atoms with van der Waals surface area (Å²) < 4.78 is 0.913. The summed E-state index contributed by atoms with van der Waals surface area (Å²) in [5.41, 5.74) is 4.93. The fourth-order valence-corrected chi connectivity index (χ4v) is 5.42. The largest absolute Gasteiger partial charge is 0.351 e. The van der Waals surface area contributed by atoms with Gasteiger partial charge < -0.3 is 5.32 Å². The third kappa shape index (κ3) is 5.44. The van der Waals surface area contributed by atoms with E-state index in [4.69, 9.17) is 16.6 Å². The highest BCUT2D eigenvalue weighted by atomic mass is 79.9. The van der Waals surface area contributed by atoms with E-state index in [0.717, 1.165) is 62.0 Å². The van der Waals surface area contributed by atoms with Crippen molar-refractivity contribution in [3.8, 4) is 11.3 Å². The van der Waals surface area contributed by atoms with Crippen LogP contribution in [-0.2, 0) is 5.41 Å². The molecular weight excluding hydrogens is 520 g/mol. The van der Waals surface area contributed by atoms with E-state index in [1.165, 1.54) is 0 Å². The summed E-state index contributed by atoms with van der Waals surface area (Å²) in [5.74, 6) is -0.0973. The predicted molar refractivity (Wildman–Crippen MR) is 150 cm³/mol. The minimum atomic E-state index is -0.274. The molecule has 0 radical (unpaired) electrons. The van der Waals surface area contributed by atoms with Gasteiger partial charge in [0, 0.05) is 32.4 Å². The van der Waals surface area contributed by atoms with Gasteiger partial charge in [-0.05, 0) is 48.7 Å². The lowest BCUT2D eigenvalue weighted by atomic mass is 9.78. The molecule has 1 aromatic heterocycles. The number of rotatable bonds is 8. The number of nitrogens with one attached hydrogen (secondary N) is 1. The lowest BCUT2D eigenvalue weighted by molar-refractivity contribution is 0.0944. The first-order chi connectivity index (χ1) is 16.8. The summed E-state index contributed by atoms with van der Waals surface area (Å²) in [6.45, 7) is 6.84. The van der Waals surface area contributed by atoms with Crippen LogP contribution in [-0.4, -0.2) is 17.4 Å². The van der Waals surface area contributed by atoms with Crippen LogP contribution in [0.4, 0.5) is 0 Å². The zero-order chi connectivity index (χ0) is 25.0. The Morgan fingerprint density at radius 3 is 2.49 bits per heavy atom. The Labute approximate surface area is 221 Å². The average molecular weight is 550 g/mol. The van der Waals surface area contributed by atoms with Gasteiger partial charge in [-0.25, -0.2) is 4.98 Å². The van der Waals surface area contributed by atoms with Crippen molar-refractivity contribution in [2.24, 2.45) is 0 Å². The molecule has 0 spiro atoms. The van der Waals surface area contributed by atoms with Crippen molar-refractivity contribution in [3.63, 3.8) is 0 Å². The van der Waals surface area contributed by atoms with Crippen molar-refractivity contribution in [2.45, 2.75) is 45.4 Å². The molecule has 0 fully saturated rings. The highest BCUT2D eigenvalue weighted by Gasteiger charge is 2.30. The van der Waals surface area contributed by atoms with Crippen molar-refractivity contribution < 1.29 is 4.79 Å². The molecule has 1 atom stereocenters. The molecule has 0 saturated carbocycles. The number of aromatic nitrogens is 1. The molecule has 5 heteroatoms. The number of hydrogen-bond donors (Lipinski definition) is 1. The first-order valence-electron chi connectivity index (χ1n) is 12.0. The summed E-state index contributed by atoms with van der Waals surface area (Å²) in [5, 5.41) is 4.84. The molecule has 0 bridgehead atoms. The second-order valence-electron chi connectivity index (χ2n) is 9.31. The molecule has 1 N–H and O–H groups in total. The predicted octanol–water partition coefficient (Wildman–Crippen LogP) is 8.50. The van der Waals surface area contributed by atoms with Crippen molar-refractivity contribution in [1.29, 1.82) is 0 Å². The Bertz CT molecular complexity index is 1360. The van der Waals surface area contributed by atoms with E-state index >= 15 is 0 Å². The molecule has 180 valence electrons. The Morgan fingerprint density at radius 2 is 1.77 bits per heavy atom. The molecule has 1 heterocycles. The smallest absolute Gasteiger partial charge is 0.252 e. The van der Waals surface area contributed by atoms with E-state index < -0.39 is 0 Å². The van der Waals surface area contributed by atoms with E-state index in [1.807, 2.05) is 73.7 Å². The number of carbonyl (C=O) groups is 1. The third-order valence-corrected chi connectivity index (χ3v) is 7.53. The maximum absolute atomic E-state index is 13.8. The number of unbranched alkanes of at least 4 members (excludes halogenated alkanes) is 1. The SMILES string of the molecule is CCCCC(C)(CNC(=O)c1c(C)c(-c2ccccc2)nc2ccc(Br)cc12)c1ccccc1Cl. The van der Waals surface area contributed by atoms with Gasteiger partial charge in [-0.3, -0.25) is 4.79 Å². The van der Waals surface area contributed by atoms with Crippen LogP contribution in [0.5, 0.6) is 0 Å². The van der Waals surface area contributed by atoms with Crippen LogP contribution in [0.25, 0.3) is 22.2 Å². The van der Waals surface area contributed by atoms with Crippen molar-refractivity contribution >= 4 is 44.3 Å². The van der Waals surface area contributed by atoms with Gasteiger partial charge >= 0.3 is 0 Å². The van der Waals surface area contributed by atoms with E-state index in [2.05, 4.69) is 41.2 Å². The molecule has 0 aliphatic carbocycles. The van der Waals surface area contributed by atoms with E-state index in [9.17, 15) is 4.79 Å². The van der Waals surface area contributed by atoms with E-state index in [-0.39, 0.29) is 11.3 Å². The number of pyridine rings is 1. The standard InChI is InChI=1S/C30H30BrClN2O/c1-4-5-17-30(3,24-13-9-10-14-25(24)32)19-33-29(35)27-20(2)28(21-11-7-6-8-12-21)34-26-16-15-22(31)18-23(26)27/h6-16,18H,4-5,17,19H2,1-3H3,(H,33,35). The minimum absolute atomic E-state index is 0.0973. The molecule has 1 amide bonds. The van der Waals surface area contributed by atoms with Crippen LogP contribution >= 0.6 is 27.5 Å². The zero-order valence-corrected chi connectivity index (χ0v) is 22.7. The topological polar surface area (TPSA) is 42.0 Å². The Kier molecular flexibility index (Phi) is 7.93. The molecule has 1 unspecified atom stereocenters. The van der Waals surface area contributed by atoms with E-state index in [0.29, 0.717) is 12.1 Å². The molecule has 3 nitrogen and oxygen atoms in total. The average Bonchev–Trinajstić information content (AvgIpc) is 2.86. The normalized spacial score (nSPS) is 12.9. The summed E-state index contributed by atoms with van der Waals surface area (Å²) in [6.07, 6.45) is 3.07. The monoisotopic (exact) mass is 548 g/mol. The van der Waals surface area contributed by atoms with Gasteiger partial charge in [-0.2, -0.15) is 0 Å². The Morgan fingerprint density at radius 1 is 1.06 bits per heavy atom. The van der Waals surface area contributed by atoms with Gasteiger partial charge in [-0.1, -0.05) is 103 Å². The number of fused-ring (bicyclic) bond motifs is 1. The minimum Gasteiger partial charge on any atom is -0.351 e. The van der Waals surface area contributed by atoms with Crippen LogP contribution in [0.2, 0.25) is 5.02 Å². The molecule has 4 rings (SSSR count). The maximum atomic E-state index is 13.8. The van der Waals surface area contributed by atoms with Crippen molar-refractivity contribution in [2.75, 3.05) is 6.54 Å². The molecule has 0 aliphatic heterocycles. The molecular formula is C30H30BrClN2O. The first-order valence-corrected chi connectivity index (χ1v) is 13.2. The van der Waals surface area contributed by atoms with Gasteiger partial charge in [0.05, 0.1) is 16.8 Å².